The molecule has 1 fully saturated rings. The van der Waals surface area contributed by atoms with Crippen molar-refractivity contribution in [1.29, 1.82) is 0 Å². The van der Waals surface area contributed by atoms with Gasteiger partial charge in [-0.15, -0.1) is 0 Å². The van der Waals surface area contributed by atoms with Gasteiger partial charge in [-0.25, -0.2) is 17.6 Å². The van der Waals surface area contributed by atoms with E-state index in [0.29, 0.717) is 0 Å². The fourth-order valence-electron chi connectivity index (χ4n) is 1.95. The number of nitrogens with zero attached hydrogens (tertiary/aromatic N) is 1. The van der Waals surface area contributed by atoms with Crippen molar-refractivity contribution in [3.63, 3.8) is 0 Å². The maximum absolute atomic E-state index is 12.9. The lowest BCUT2D eigenvalue weighted by Crippen LogP contribution is -2.48. The van der Waals surface area contributed by atoms with Gasteiger partial charge in [-0.1, -0.05) is 17.7 Å². The Hall–Kier alpha value is -1.22. The first kappa shape index (κ1) is 16.2. The number of benzene rings is 1. The van der Waals surface area contributed by atoms with Crippen LogP contribution in [0.2, 0.25) is 5.02 Å². The maximum Gasteiger partial charge on any atom is 0.334 e. The molecule has 0 aromatic heterocycles. The molecule has 2 rings (SSSR count). The largest absolute Gasteiger partial charge is 0.479 e. The molecule has 6 nitrogen and oxygen atoms in total. The van der Waals surface area contributed by atoms with Gasteiger partial charge in [-0.05, 0) is 17.7 Å². The second kappa shape index (κ2) is 6.27. The monoisotopic (exact) mass is 337 g/mol. The van der Waals surface area contributed by atoms with Crippen LogP contribution in [0.3, 0.4) is 0 Å². The fraction of sp³-hybridized carbons (Fsp3) is 0.417. The number of hydrogen-bond donors (Lipinski definition) is 1. The molecule has 0 bridgehead atoms. The highest BCUT2D eigenvalue weighted by atomic mass is 35.5. The van der Waals surface area contributed by atoms with Gasteiger partial charge in [0.15, 0.2) is 6.10 Å². The van der Waals surface area contributed by atoms with Crippen LogP contribution in [0.5, 0.6) is 0 Å². The summed E-state index contributed by atoms with van der Waals surface area (Å²) >= 11 is 5.81. The lowest BCUT2D eigenvalue weighted by molar-refractivity contribution is -0.153. The first-order chi connectivity index (χ1) is 9.79. The van der Waals surface area contributed by atoms with Crippen LogP contribution in [0.25, 0.3) is 0 Å². The lowest BCUT2D eigenvalue weighted by atomic mass is 10.2. The molecule has 9 heteroatoms. The molecule has 1 aromatic rings. The highest BCUT2D eigenvalue weighted by Crippen LogP contribution is 2.22. The SMILES string of the molecule is O=C(O)C1CN(S(=O)(=O)Cc2ccc(F)cc2Cl)CCO1. The molecule has 0 aliphatic carbocycles. The van der Waals surface area contributed by atoms with E-state index in [-0.39, 0.29) is 30.3 Å². The average Bonchev–Trinajstić information content (AvgIpc) is 2.42. The normalized spacial score (nSPS) is 20.4. The molecule has 1 saturated heterocycles. The first-order valence-corrected chi connectivity index (χ1v) is 8.04. The molecule has 21 heavy (non-hydrogen) atoms. The fourth-order valence-corrected chi connectivity index (χ4v) is 3.81. The van der Waals surface area contributed by atoms with Gasteiger partial charge in [-0.2, -0.15) is 4.31 Å². The molecule has 0 radical (unpaired) electrons. The number of aliphatic carboxylic acids is 1. The summed E-state index contributed by atoms with van der Waals surface area (Å²) in [4.78, 5) is 10.9. The molecule has 1 aliphatic rings. The third kappa shape index (κ3) is 3.91. The summed E-state index contributed by atoms with van der Waals surface area (Å²) in [5, 5.41) is 8.89. The second-order valence-electron chi connectivity index (χ2n) is 4.55. The van der Waals surface area contributed by atoms with Crippen LogP contribution in [0.4, 0.5) is 4.39 Å². The number of hydrogen-bond acceptors (Lipinski definition) is 4. The standard InChI is InChI=1S/C12H13ClFNO5S/c13-10-5-9(14)2-1-8(10)7-21(18,19)15-3-4-20-11(6-15)12(16)17/h1-2,5,11H,3-4,6-7H2,(H,16,17). The summed E-state index contributed by atoms with van der Waals surface area (Å²) in [6.45, 7) is -0.172. The van der Waals surface area contributed by atoms with Gasteiger partial charge < -0.3 is 9.84 Å². The molecule has 1 atom stereocenters. The zero-order valence-corrected chi connectivity index (χ0v) is 12.4. The van der Waals surface area contributed by atoms with Gasteiger partial charge in [0.05, 0.1) is 18.9 Å². The van der Waals surface area contributed by atoms with Crippen molar-refractivity contribution < 1.29 is 27.4 Å². The summed E-state index contributed by atoms with van der Waals surface area (Å²) in [5.41, 5.74) is 0.261. The Morgan fingerprint density at radius 3 is 2.86 bits per heavy atom. The van der Waals surface area contributed by atoms with E-state index in [0.717, 1.165) is 16.4 Å². The number of morpholine rings is 1. The lowest BCUT2D eigenvalue weighted by Gasteiger charge is -2.30. The van der Waals surface area contributed by atoms with Gasteiger partial charge in [0.1, 0.15) is 5.82 Å². The summed E-state index contributed by atoms with van der Waals surface area (Å²) in [7, 11) is -3.76. The minimum Gasteiger partial charge on any atom is -0.479 e. The van der Waals surface area contributed by atoms with Crippen LogP contribution < -0.4 is 0 Å². The van der Waals surface area contributed by atoms with Crippen LogP contribution in [0.1, 0.15) is 5.56 Å². The van der Waals surface area contributed by atoms with E-state index in [9.17, 15) is 17.6 Å². The van der Waals surface area contributed by atoms with E-state index >= 15 is 0 Å². The van der Waals surface area contributed by atoms with E-state index < -0.39 is 33.7 Å². The minimum atomic E-state index is -3.76. The molecule has 1 N–H and O–H groups in total. The molecule has 1 heterocycles. The van der Waals surface area contributed by atoms with Gasteiger partial charge >= 0.3 is 5.97 Å². The highest BCUT2D eigenvalue weighted by Gasteiger charge is 2.33. The molecule has 0 saturated carbocycles. The number of carbonyl (C=O) groups is 1. The van der Waals surface area contributed by atoms with Gasteiger partial charge in [0, 0.05) is 11.6 Å². The summed E-state index contributed by atoms with van der Waals surface area (Å²) < 4.78 is 43.5. The third-order valence-electron chi connectivity index (χ3n) is 3.05. The molecular weight excluding hydrogens is 325 g/mol. The Balaban J connectivity index is 2.16. The number of ether oxygens (including phenoxy) is 1. The summed E-state index contributed by atoms with van der Waals surface area (Å²) in [6.07, 6.45) is -1.18. The van der Waals surface area contributed by atoms with Crippen LogP contribution >= 0.6 is 11.6 Å². The molecule has 0 spiro atoms. The number of sulfonamides is 1. The predicted octanol–water partition coefficient (Wildman–Crippen LogP) is 1.09. The number of carboxylic acid groups (broad SMARTS) is 1. The van der Waals surface area contributed by atoms with Crippen LogP contribution in [0.15, 0.2) is 18.2 Å². The maximum atomic E-state index is 12.9. The second-order valence-corrected chi connectivity index (χ2v) is 6.92. The van der Waals surface area contributed by atoms with Crippen molar-refractivity contribution in [1.82, 2.24) is 4.31 Å². The summed E-state index contributed by atoms with van der Waals surface area (Å²) in [6, 6.07) is 3.45. The quantitative estimate of drug-likeness (QED) is 0.889. The number of carboxylic acids is 1. The van der Waals surface area contributed by atoms with E-state index in [1.165, 1.54) is 6.07 Å². The number of rotatable bonds is 4. The Morgan fingerprint density at radius 2 is 2.24 bits per heavy atom. The Kier molecular flexibility index (Phi) is 4.82. The molecule has 1 aliphatic heterocycles. The Bertz CT molecular complexity index is 651. The first-order valence-electron chi connectivity index (χ1n) is 6.06. The third-order valence-corrected chi connectivity index (χ3v) is 5.20. The van der Waals surface area contributed by atoms with Crippen molar-refractivity contribution in [2.24, 2.45) is 0 Å². The van der Waals surface area contributed by atoms with E-state index in [1.807, 2.05) is 0 Å². The smallest absolute Gasteiger partial charge is 0.334 e. The Morgan fingerprint density at radius 1 is 1.52 bits per heavy atom. The molecule has 116 valence electrons. The van der Waals surface area contributed by atoms with Crippen molar-refractivity contribution in [2.75, 3.05) is 19.7 Å². The molecule has 1 unspecified atom stereocenters. The van der Waals surface area contributed by atoms with E-state index in [4.69, 9.17) is 21.4 Å². The van der Waals surface area contributed by atoms with Crippen molar-refractivity contribution in [2.45, 2.75) is 11.9 Å². The number of halogens is 2. The summed E-state index contributed by atoms with van der Waals surface area (Å²) in [5.74, 6) is -2.19. The van der Waals surface area contributed by atoms with E-state index in [1.54, 1.807) is 0 Å². The van der Waals surface area contributed by atoms with Gasteiger partial charge in [-0.3, -0.25) is 0 Å². The minimum absolute atomic E-state index is 0.00729. The zero-order chi connectivity index (χ0) is 15.6. The van der Waals surface area contributed by atoms with Crippen LogP contribution in [-0.4, -0.2) is 49.6 Å². The average molecular weight is 338 g/mol. The highest BCUT2D eigenvalue weighted by molar-refractivity contribution is 7.88. The van der Waals surface area contributed by atoms with Crippen molar-refractivity contribution in [3.8, 4) is 0 Å². The van der Waals surface area contributed by atoms with Gasteiger partial charge in [0.25, 0.3) is 0 Å². The van der Waals surface area contributed by atoms with Crippen LogP contribution in [0, 0.1) is 5.82 Å². The zero-order valence-electron chi connectivity index (χ0n) is 10.8. The topological polar surface area (TPSA) is 83.9 Å². The van der Waals surface area contributed by atoms with Crippen molar-refractivity contribution in [3.05, 3.63) is 34.6 Å². The van der Waals surface area contributed by atoms with Gasteiger partial charge in [0.2, 0.25) is 10.0 Å². The molecule has 0 amide bonds. The Labute approximate surface area is 126 Å². The molecular formula is C12H13ClFNO5S. The van der Waals surface area contributed by atoms with Crippen LogP contribution in [-0.2, 0) is 25.3 Å². The van der Waals surface area contributed by atoms with Crippen molar-refractivity contribution >= 4 is 27.6 Å². The predicted molar refractivity (Wildman–Crippen MR) is 73.0 cm³/mol. The van der Waals surface area contributed by atoms with E-state index in [2.05, 4.69) is 0 Å². The molecule has 1 aromatic carbocycles.